The van der Waals surface area contributed by atoms with E-state index in [1.807, 2.05) is 18.2 Å². The topological polar surface area (TPSA) is 58.1 Å². The number of aryl methyl sites for hydroxylation is 2. The van der Waals surface area contributed by atoms with E-state index in [1.165, 1.54) is 22.4 Å². The Morgan fingerprint density at radius 1 is 0.879 bits per heavy atom. The summed E-state index contributed by atoms with van der Waals surface area (Å²) in [7, 11) is 0. The summed E-state index contributed by atoms with van der Waals surface area (Å²) in [6.07, 6.45) is 7.06. The first-order valence-electron chi connectivity index (χ1n) is 12.3. The Bertz CT molecular complexity index is 1170. The van der Waals surface area contributed by atoms with Gasteiger partial charge in [0.1, 0.15) is 5.82 Å². The summed E-state index contributed by atoms with van der Waals surface area (Å²) in [5.41, 5.74) is 6.27. The predicted molar refractivity (Wildman–Crippen MR) is 130 cm³/mol. The first kappa shape index (κ1) is 20.4. The third-order valence-corrected chi connectivity index (χ3v) is 7.56. The molecule has 33 heavy (non-hydrogen) atoms. The van der Waals surface area contributed by atoms with Crippen molar-refractivity contribution in [2.75, 3.05) is 18.0 Å². The molecule has 0 unspecified atom stereocenters. The molecule has 3 aliphatic rings. The minimum Gasteiger partial charge on any atom is -0.356 e. The molecular formula is C28H30N4O. The van der Waals surface area contributed by atoms with E-state index < -0.39 is 0 Å². The fourth-order valence-corrected chi connectivity index (χ4v) is 5.74. The number of hydrogen-bond donors (Lipinski definition) is 1. The number of rotatable bonds is 4. The Morgan fingerprint density at radius 2 is 1.67 bits per heavy atom. The molecule has 5 heteroatoms. The quantitative estimate of drug-likeness (QED) is 0.644. The monoisotopic (exact) mass is 438 g/mol. The largest absolute Gasteiger partial charge is 0.356 e. The highest BCUT2D eigenvalue weighted by molar-refractivity contribution is 5.79. The molecule has 2 heterocycles. The fraction of sp³-hybridized carbons (Fsp3) is 0.393. The number of hydrogen-bond acceptors (Lipinski definition) is 4. The molecule has 5 nitrogen and oxygen atoms in total. The van der Waals surface area contributed by atoms with Gasteiger partial charge < -0.3 is 10.2 Å². The number of amides is 1. The van der Waals surface area contributed by atoms with E-state index in [-0.39, 0.29) is 17.9 Å². The molecule has 1 amide bonds. The first-order chi connectivity index (χ1) is 16.3. The lowest BCUT2D eigenvalue weighted by molar-refractivity contribution is -0.126. The highest BCUT2D eigenvalue weighted by Crippen LogP contribution is 2.34. The number of fused-ring (bicyclic) bond motifs is 2. The van der Waals surface area contributed by atoms with Crippen molar-refractivity contribution in [1.29, 1.82) is 0 Å². The Labute approximate surface area is 195 Å². The number of piperidine rings is 1. The van der Waals surface area contributed by atoms with Crippen LogP contribution in [0.5, 0.6) is 0 Å². The zero-order chi connectivity index (χ0) is 22.2. The first-order valence-corrected chi connectivity index (χ1v) is 12.3. The van der Waals surface area contributed by atoms with Gasteiger partial charge in [-0.2, -0.15) is 0 Å². The summed E-state index contributed by atoms with van der Waals surface area (Å²) < 4.78 is 0. The van der Waals surface area contributed by atoms with E-state index in [1.54, 1.807) is 0 Å². The van der Waals surface area contributed by atoms with Gasteiger partial charge in [-0.15, -0.1) is 0 Å². The second-order valence-corrected chi connectivity index (χ2v) is 9.58. The average molecular weight is 439 g/mol. The molecule has 0 saturated carbocycles. The van der Waals surface area contributed by atoms with Crippen LogP contribution in [-0.2, 0) is 24.1 Å². The number of aromatic nitrogens is 2. The molecule has 2 aliphatic carbocycles. The van der Waals surface area contributed by atoms with Crippen molar-refractivity contribution < 1.29 is 4.79 Å². The number of carbonyl (C=O) groups excluding carboxylic acids is 1. The van der Waals surface area contributed by atoms with Gasteiger partial charge in [-0.3, -0.25) is 4.79 Å². The van der Waals surface area contributed by atoms with Gasteiger partial charge in [0.2, 0.25) is 5.91 Å². The summed E-state index contributed by atoms with van der Waals surface area (Å²) >= 11 is 0. The summed E-state index contributed by atoms with van der Waals surface area (Å²) in [5.74, 6) is 2.22. The molecule has 0 radical (unpaired) electrons. The molecule has 168 valence electrons. The van der Waals surface area contributed by atoms with Gasteiger partial charge >= 0.3 is 0 Å². The van der Waals surface area contributed by atoms with Gasteiger partial charge in [-0.05, 0) is 56.1 Å². The number of benzene rings is 2. The molecule has 1 aliphatic heterocycles. The Balaban J connectivity index is 1.16. The Hall–Kier alpha value is -3.21. The summed E-state index contributed by atoms with van der Waals surface area (Å²) in [5, 5.41) is 3.35. The maximum Gasteiger partial charge on any atom is 0.223 e. The van der Waals surface area contributed by atoms with Crippen molar-refractivity contribution >= 4 is 11.7 Å². The normalized spacial score (nSPS) is 19.9. The zero-order valence-corrected chi connectivity index (χ0v) is 19.0. The van der Waals surface area contributed by atoms with Crippen molar-refractivity contribution in [2.45, 2.75) is 51.0 Å². The molecule has 6 rings (SSSR count). The second kappa shape index (κ2) is 8.62. The van der Waals surface area contributed by atoms with Crippen LogP contribution < -0.4 is 10.2 Å². The van der Waals surface area contributed by atoms with E-state index in [0.717, 1.165) is 75.2 Å². The maximum atomic E-state index is 13.1. The average Bonchev–Trinajstić information content (AvgIpc) is 3.51. The number of carbonyl (C=O) groups is 1. The molecule has 1 saturated heterocycles. The fourth-order valence-electron chi connectivity index (χ4n) is 5.74. The predicted octanol–water partition coefficient (Wildman–Crippen LogP) is 4.65. The summed E-state index contributed by atoms with van der Waals surface area (Å²) in [6, 6.07) is 19.0. The van der Waals surface area contributed by atoms with Crippen LogP contribution >= 0.6 is 0 Å². The number of nitrogens with one attached hydrogen (secondary N) is 1. The number of anilines is 1. The van der Waals surface area contributed by atoms with Crippen LogP contribution in [0.25, 0.3) is 11.4 Å². The number of nitrogens with zero attached hydrogens (tertiary/aromatic N) is 3. The zero-order valence-electron chi connectivity index (χ0n) is 19.0. The molecule has 1 atom stereocenters. The van der Waals surface area contributed by atoms with Gasteiger partial charge in [0.05, 0.1) is 6.04 Å². The SMILES string of the molecule is O=C(N[C@@H]1CCc2ccccc21)C1CCN(c2nc(-c3ccccc3)nc3c2CCC3)CC1. The van der Waals surface area contributed by atoms with E-state index in [9.17, 15) is 4.79 Å². The van der Waals surface area contributed by atoms with Gasteiger partial charge in [0, 0.05) is 35.8 Å². The molecule has 1 aromatic heterocycles. The van der Waals surface area contributed by atoms with Crippen molar-refractivity contribution in [3.05, 3.63) is 77.0 Å². The van der Waals surface area contributed by atoms with Crippen molar-refractivity contribution in [1.82, 2.24) is 15.3 Å². The highest BCUT2D eigenvalue weighted by Gasteiger charge is 2.31. The van der Waals surface area contributed by atoms with Gasteiger partial charge in [-0.1, -0.05) is 54.6 Å². The van der Waals surface area contributed by atoms with Crippen LogP contribution in [-0.4, -0.2) is 29.0 Å². The summed E-state index contributed by atoms with van der Waals surface area (Å²) in [6.45, 7) is 1.74. The van der Waals surface area contributed by atoms with E-state index in [4.69, 9.17) is 9.97 Å². The lowest BCUT2D eigenvalue weighted by Crippen LogP contribution is -2.42. The van der Waals surface area contributed by atoms with Crippen LogP contribution in [0, 0.1) is 5.92 Å². The minimum absolute atomic E-state index is 0.0810. The van der Waals surface area contributed by atoms with Crippen LogP contribution in [0.2, 0.25) is 0 Å². The third-order valence-electron chi connectivity index (χ3n) is 7.56. The minimum atomic E-state index is 0.0810. The van der Waals surface area contributed by atoms with Crippen molar-refractivity contribution in [3.63, 3.8) is 0 Å². The van der Waals surface area contributed by atoms with Gasteiger partial charge in [0.15, 0.2) is 5.82 Å². The molecule has 1 N–H and O–H groups in total. The molecule has 3 aromatic rings. The van der Waals surface area contributed by atoms with E-state index in [2.05, 4.69) is 46.6 Å². The van der Waals surface area contributed by atoms with Crippen LogP contribution in [0.1, 0.15) is 54.1 Å². The smallest absolute Gasteiger partial charge is 0.223 e. The standard InChI is InChI=1S/C28H30N4O/c33-28(30-25-14-13-19-7-4-5-10-22(19)25)21-15-17-32(18-16-21)27-23-11-6-12-24(23)29-26(31-27)20-8-2-1-3-9-20/h1-5,7-10,21,25H,6,11-18H2,(H,30,33)/t25-/m1/s1. The molecule has 0 bridgehead atoms. The molecule has 1 fully saturated rings. The molecular weight excluding hydrogens is 408 g/mol. The van der Waals surface area contributed by atoms with Crippen molar-refractivity contribution in [3.8, 4) is 11.4 Å². The maximum absolute atomic E-state index is 13.1. The Morgan fingerprint density at radius 3 is 2.52 bits per heavy atom. The third kappa shape index (κ3) is 3.90. The van der Waals surface area contributed by atoms with E-state index in [0.29, 0.717) is 0 Å². The second-order valence-electron chi connectivity index (χ2n) is 9.58. The van der Waals surface area contributed by atoms with Crippen LogP contribution in [0.4, 0.5) is 5.82 Å². The molecule has 2 aromatic carbocycles. The van der Waals surface area contributed by atoms with Crippen LogP contribution in [0.3, 0.4) is 0 Å². The Kier molecular flexibility index (Phi) is 5.33. The summed E-state index contributed by atoms with van der Waals surface area (Å²) in [4.78, 5) is 25.4. The lowest BCUT2D eigenvalue weighted by atomic mass is 9.94. The van der Waals surface area contributed by atoms with Crippen molar-refractivity contribution in [2.24, 2.45) is 5.92 Å². The van der Waals surface area contributed by atoms with Gasteiger partial charge in [0.25, 0.3) is 0 Å². The highest BCUT2D eigenvalue weighted by atomic mass is 16.2. The lowest BCUT2D eigenvalue weighted by Gasteiger charge is -2.34. The van der Waals surface area contributed by atoms with E-state index >= 15 is 0 Å². The van der Waals surface area contributed by atoms with Crippen LogP contribution in [0.15, 0.2) is 54.6 Å². The van der Waals surface area contributed by atoms with Gasteiger partial charge in [-0.25, -0.2) is 9.97 Å². The molecule has 0 spiro atoms.